The van der Waals surface area contributed by atoms with Gasteiger partial charge in [0.2, 0.25) is 0 Å². The van der Waals surface area contributed by atoms with E-state index in [0.717, 1.165) is 6.54 Å². The summed E-state index contributed by atoms with van der Waals surface area (Å²) in [6, 6.07) is 0. The molecule has 1 fully saturated rings. The summed E-state index contributed by atoms with van der Waals surface area (Å²) in [5.74, 6) is 0. The molecule has 0 spiro atoms. The molecule has 10 heavy (non-hydrogen) atoms. The SMILES string of the molecule is CCCC1(CN)CCCC1. The lowest BCUT2D eigenvalue weighted by atomic mass is 9.82. The third kappa shape index (κ3) is 1.51. The summed E-state index contributed by atoms with van der Waals surface area (Å²) in [6.07, 6.45) is 8.25. The summed E-state index contributed by atoms with van der Waals surface area (Å²) in [4.78, 5) is 0. The second kappa shape index (κ2) is 3.38. The van der Waals surface area contributed by atoms with Crippen LogP contribution in [-0.2, 0) is 0 Å². The monoisotopic (exact) mass is 141 g/mol. The van der Waals surface area contributed by atoms with E-state index in [0.29, 0.717) is 5.41 Å². The van der Waals surface area contributed by atoms with E-state index in [1.165, 1.54) is 38.5 Å². The van der Waals surface area contributed by atoms with Crippen molar-refractivity contribution < 1.29 is 0 Å². The zero-order valence-corrected chi connectivity index (χ0v) is 7.03. The van der Waals surface area contributed by atoms with Crippen LogP contribution in [0.15, 0.2) is 0 Å². The van der Waals surface area contributed by atoms with Crippen molar-refractivity contribution in [1.29, 1.82) is 0 Å². The Morgan fingerprint density at radius 3 is 2.30 bits per heavy atom. The molecule has 1 saturated carbocycles. The quantitative estimate of drug-likeness (QED) is 0.641. The van der Waals surface area contributed by atoms with E-state index < -0.39 is 0 Å². The number of rotatable bonds is 3. The first kappa shape index (κ1) is 8.06. The van der Waals surface area contributed by atoms with Crippen LogP contribution in [0.25, 0.3) is 0 Å². The van der Waals surface area contributed by atoms with Crippen molar-refractivity contribution in [3.63, 3.8) is 0 Å². The average Bonchev–Trinajstić information content (AvgIpc) is 2.39. The van der Waals surface area contributed by atoms with Crippen molar-refractivity contribution >= 4 is 0 Å². The molecule has 1 aliphatic rings. The van der Waals surface area contributed by atoms with Gasteiger partial charge in [0.1, 0.15) is 0 Å². The van der Waals surface area contributed by atoms with Crippen LogP contribution in [0, 0.1) is 5.41 Å². The van der Waals surface area contributed by atoms with Crippen LogP contribution in [0.5, 0.6) is 0 Å². The van der Waals surface area contributed by atoms with Gasteiger partial charge in [0.25, 0.3) is 0 Å². The standard InChI is InChI=1S/C9H19N/c1-2-5-9(8-10)6-3-4-7-9/h2-8,10H2,1H3. The molecular formula is C9H19N. The van der Waals surface area contributed by atoms with Gasteiger partial charge in [-0.15, -0.1) is 0 Å². The van der Waals surface area contributed by atoms with Gasteiger partial charge in [0.05, 0.1) is 0 Å². The van der Waals surface area contributed by atoms with Gasteiger partial charge in [-0.3, -0.25) is 0 Å². The highest BCUT2D eigenvalue weighted by Crippen LogP contribution is 2.40. The predicted molar refractivity (Wildman–Crippen MR) is 44.9 cm³/mol. The van der Waals surface area contributed by atoms with Crippen molar-refractivity contribution in [3.8, 4) is 0 Å². The molecule has 1 aliphatic carbocycles. The minimum Gasteiger partial charge on any atom is -0.330 e. The molecule has 0 radical (unpaired) electrons. The molecule has 1 heteroatoms. The summed E-state index contributed by atoms with van der Waals surface area (Å²) >= 11 is 0. The maximum atomic E-state index is 5.75. The topological polar surface area (TPSA) is 26.0 Å². The lowest BCUT2D eigenvalue weighted by molar-refractivity contribution is 0.280. The van der Waals surface area contributed by atoms with Gasteiger partial charge in [0.15, 0.2) is 0 Å². The second-order valence-electron chi connectivity index (χ2n) is 3.66. The van der Waals surface area contributed by atoms with Crippen LogP contribution in [0.3, 0.4) is 0 Å². The minimum absolute atomic E-state index is 0.564. The van der Waals surface area contributed by atoms with E-state index in [2.05, 4.69) is 6.92 Å². The largest absolute Gasteiger partial charge is 0.330 e. The van der Waals surface area contributed by atoms with E-state index in [-0.39, 0.29) is 0 Å². The van der Waals surface area contributed by atoms with Crippen LogP contribution in [-0.4, -0.2) is 6.54 Å². The van der Waals surface area contributed by atoms with Gasteiger partial charge >= 0.3 is 0 Å². The molecule has 0 atom stereocenters. The Hall–Kier alpha value is -0.0400. The second-order valence-corrected chi connectivity index (χ2v) is 3.66. The van der Waals surface area contributed by atoms with E-state index in [9.17, 15) is 0 Å². The zero-order valence-electron chi connectivity index (χ0n) is 7.03. The Kier molecular flexibility index (Phi) is 2.72. The molecule has 0 aromatic rings. The Bertz CT molecular complexity index is 92.9. The van der Waals surface area contributed by atoms with E-state index in [4.69, 9.17) is 5.73 Å². The molecule has 0 amide bonds. The van der Waals surface area contributed by atoms with Gasteiger partial charge in [-0.2, -0.15) is 0 Å². The van der Waals surface area contributed by atoms with Gasteiger partial charge in [0, 0.05) is 0 Å². The normalized spacial score (nSPS) is 23.4. The molecule has 0 aromatic heterocycles. The minimum atomic E-state index is 0.564. The first-order valence-corrected chi connectivity index (χ1v) is 4.53. The molecule has 1 nitrogen and oxygen atoms in total. The van der Waals surface area contributed by atoms with Crippen LogP contribution in [0.4, 0.5) is 0 Å². The van der Waals surface area contributed by atoms with Crippen LogP contribution in [0.1, 0.15) is 45.4 Å². The van der Waals surface area contributed by atoms with E-state index in [1.807, 2.05) is 0 Å². The lowest BCUT2D eigenvalue weighted by Gasteiger charge is -2.26. The van der Waals surface area contributed by atoms with Crippen molar-refractivity contribution in [2.75, 3.05) is 6.54 Å². The summed E-state index contributed by atoms with van der Waals surface area (Å²) < 4.78 is 0. The van der Waals surface area contributed by atoms with Gasteiger partial charge in [-0.1, -0.05) is 26.2 Å². The highest BCUT2D eigenvalue weighted by Gasteiger charge is 2.30. The molecule has 1 rings (SSSR count). The molecular weight excluding hydrogens is 122 g/mol. The van der Waals surface area contributed by atoms with Gasteiger partial charge in [-0.05, 0) is 31.2 Å². The maximum absolute atomic E-state index is 5.75. The number of hydrogen-bond acceptors (Lipinski definition) is 1. The third-order valence-electron chi connectivity index (χ3n) is 2.88. The maximum Gasteiger partial charge on any atom is -0.00205 e. The summed E-state index contributed by atoms with van der Waals surface area (Å²) in [6.45, 7) is 3.18. The fourth-order valence-electron chi connectivity index (χ4n) is 2.21. The zero-order chi connectivity index (χ0) is 7.45. The smallest absolute Gasteiger partial charge is 0.00205 e. The Balaban J connectivity index is 2.41. The van der Waals surface area contributed by atoms with Crippen LogP contribution >= 0.6 is 0 Å². The fraction of sp³-hybridized carbons (Fsp3) is 1.00. The fourth-order valence-corrected chi connectivity index (χ4v) is 2.21. The van der Waals surface area contributed by atoms with Crippen molar-refractivity contribution in [2.24, 2.45) is 11.1 Å². The third-order valence-corrected chi connectivity index (χ3v) is 2.88. The molecule has 2 N–H and O–H groups in total. The van der Waals surface area contributed by atoms with E-state index >= 15 is 0 Å². The Morgan fingerprint density at radius 1 is 1.30 bits per heavy atom. The Labute approximate surface area is 64.0 Å². The highest BCUT2D eigenvalue weighted by atomic mass is 14.6. The predicted octanol–water partition coefficient (Wildman–Crippen LogP) is 2.31. The van der Waals surface area contributed by atoms with Crippen LogP contribution < -0.4 is 5.73 Å². The highest BCUT2D eigenvalue weighted by molar-refractivity contribution is 4.84. The van der Waals surface area contributed by atoms with Gasteiger partial charge < -0.3 is 5.73 Å². The lowest BCUT2D eigenvalue weighted by Crippen LogP contribution is -2.26. The van der Waals surface area contributed by atoms with Crippen LogP contribution in [0.2, 0.25) is 0 Å². The van der Waals surface area contributed by atoms with Gasteiger partial charge in [-0.25, -0.2) is 0 Å². The number of nitrogens with two attached hydrogens (primary N) is 1. The molecule has 60 valence electrons. The molecule has 0 saturated heterocycles. The first-order valence-electron chi connectivity index (χ1n) is 4.53. The molecule has 0 bridgehead atoms. The number of hydrogen-bond donors (Lipinski definition) is 1. The molecule has 0 aliphatic heterocycles. The summed E-state index contributed by atoms with van der Waals surface area (Å²) in [5, 5.41) is 0. The Morgan fingerprint density at radius 2 is 1.90 bits per heavy atom. The molecule has 0 aromatic carbocycles. The summed E-state index contributed by atoms with van der Waals surface area (Å²) in [7, 11) is 0. The average molecular weight is 141 g/mol. The summed E-state index contributed by atoms with van der Waals surface area (Å²) in [5.41, 5.74) is 6.32. The van der Waals surface area contributed by atoms with Crippen molar-refractivity contribution in [3.05, 3.63) is 0 Å². The molecule has 0 unspecified atom stereocenters. The first-order chi connectivity index (χ1) is 4.83. The van der Waals surface area contributed by atoms with Crippen molar-refractivity contribution in [2.45, 2.75) is 45.4 Å². The molecule has 0 heterocycles. The van der Waals surface area contributed by atoms with Crippen molar-refractivity contribution in [1.82, 2.24) is 0 Å². The van der Waals surface area contributed by atoms with E-state index in [1.54, 1.807) is 0 Å².